The molecule has 3 aliphatic heterocycles. The van der Waals surface area contributed by atoms with Crippen LogP contribution in [0.25, 0.3) is 0 Å². The Hall–Kier alpha value is -3.56. The van der Waals surface area contributed by atoms with Gasteiger partial charge in [-0.25, -0.2) is 18.0 Å². The van der Waals surface area contributed by atoms with E-state index < -0.39 is 80.3 Å². The fourth-order valence-corrected chi connectivity index (χ4v) is 8.86. The summed E-state index contributed by atoms with van der Waals surface area (Å²) in [4.78, 5) is 71.4. The van der Waals surface area contributed by atoms with Crippen LogP contribution in [0.15, 0.2) is 24.3 Å². The van der Waals surface area contributed by atoms with Crippen LogP contribution in [0.5, 0.6) is 0 Å². The van der Waals surface area contributed by atoms with Crippen molar-refractivity contribution in [1.29, 1.82) is 0 Å². The van der Waals surface area contributed by atoms with Crippen molar-refractivity contribution in [3.8, 4) is 0 Å². The van der Waals surface area contributed by atoms with E-state index in [1.54, 1.807) is 12.1 Å². The standard InChI is InChI=1S/C35H46Cl2N6O8S/c1-34(2,3)40-32(47)38-27-10-8-6-4-5-7-9-22-16-35(22,31(46)41-52(49,50)24-11-12-24)39-29(44)28-15-23(19-43(28)30(27)45)51-33(48)42-17-20-13-25(36)26(37)14-21(20)18-42/h7,9,13-14,22-24,27-28H,4-6,8,10-12,15-19H2,1-3H3,(H,39,44)(H,41,46)(H2,38,40,47)/t22-,23-,27+,28+,35-/m1/s1. The van der Waals surface area contributed by atoms with E-state index >= 15 is 0 Å². The van der Waals surface area contributed by atoms with Gasteiger partial charge in [0.2, 0.25) is 21.8 Å². The summed E-state index contributed by atoms with van der Waals surface area (Å²) in [5.74, 6) is -2.49. The molecule has 0 bridgehead atoms. The van der Waals surface area contributed by atoms with Crippen molar-refractivity contribution >= 4 is 63.1 Å². The maximum atomic E-state index is 14.3. The fraction of sp³-hybridized carbons (Fsp3) is 0.629. The lowest BCUT2D eigenvalue weighted by molar-refractivity contribution is -0.141. The van der Waals surface area contributed by atoms with Crippen LogP contribution in [0.3, 0.4) is 0 Å². The molecule has 17 heteroatoms. The highest BCUT2D eigenvalue weighted by Crippen LogP contribution is 2.46. The first-order valence-electron chi connectivity index (χ1n) is 17.8. The molecule has 284 valence electrons. The molecule has 4 N–H and O–H groups in total. The van der Waals surface area contributed by atoms with Gasteiger partial charge in [0, 0.05) is 31.0 Å². The number of hydrogen-bond acceptors (Lipinski definition) is 8. The smallest absolute Gasteiger partial charge is 0.410 e. The zero-order valence-electron chi connectivity index (χ0n) is 29.5. The van der Waals surface area contributed by atoms with E-state index in [0.717, 1.165) is 24.0 Å². The quantitative estimate of drug-likeness (QED) is 0.325. The average molecular weight is 782 g/mol. The fourth-order valence-electron chi connectivity index (χ4n) is 7.12. The number of amides is 6. The molecule has 14 nitrogen and oxygen atoms in total. The van der Waals surface area contributed by atoms with Crippen LogP contribution in [-0.2, 0) is 42.2 Å². The van der Waals surface area contributed by atoms with Gasteiger partial charge >= 0.3 is 12.1 Å². The molecule has 3 fully saturated rings. The van der Waals surface area contributed by atoms with Crippen LogP contribution in [0.1, 0.15) is 89.7 Å². The van der Waals surface area contributed by atoms with Gasteiger partial charge < -0.3 is 25.6 Å². The molecule has 0 radical (unpaired) electrons. The largest absolute Gasteiger partial charge is 0.444 e. The second kappa shape index (κ2) is 14.7. The van der Waals surface area contributed by atoms with Crippen LogP contribution < -0.4 is 20.7 Å². The van der Waals surface area contributed by atoms with E-state index in [9.17, 15) is 32.4 Å². The first-order chi connectivity index (χ1) is 24.5. The number of allylic oxidation sites excluding steroid dienone is 1. The molecular weight excluding hydrogens is 735 g/mol. The second-order valence-corrected chi connectivity index (χ2v) is 18.3. The normalized spacial score (nSPS) is 28.0. The van der Waals surface area contributed by atoms with Crippen LogP contribution >= 0.6 is 23.2 Å². The van der Waals surface area contributed by atoms with Gasteiger partial charge in [-0.1, -0.05) is 48.2 Å². The second-order valence-electron chi connectivity index (χ2n) is 15.6. The highest BCUT2D eigenvalue weighted by atomic mass is 35.5. The molecule has 3 heterocycles. The molecule has 0 spiro atoms. The van der Waals surface area contributed by atoms with E-state index in [1.165, 1.54) is 9.80 Å². The number of sulfonamides is 1. The summed E-state index contributed by atoms with van der Waals surface area (Å²) in [6, 6.07) is 0.677. The van der Waals surface area contributed by atoms with Gasteiger partial charge in [-0.2, -0.15) is 0 Å². The number of halogens is 2. The molecule has 2 aliphatic carbocycles. The van der Waals surface area contributed by atoms with Gasteiger partial charge in [0.1, 0.15) is 23.7 Å². The zero-order chi connectivity index (χ0) is 37.6. The van der Waals surface area contributed by atoms with Crippen molar-refractivity contribution in [3.05, 3.63) is 45.5 Å². The number of nitrogens with zero attached hydrogens (tertiary/aromatic N) is 2. The van der Waals surface area contributed by atoms with Gasteiger partial charge in [-0.05, 0) is 82.6 Å². The first-order valence-corrected chi connectivity index (χ1v) is 20.1. The Bertz CT molecular complexity index is 1750. The lowest BCUT2D eigenvalue weighted by Crippen LogP contribution is -2.59. The van der Waals surface area contributed by atoms with E-state index in [1.807, 2.05) is 32.9 Å². The van der Waals surface area contributed by atoms with Crippen molar-refractivity contribution < 1.29 is 37.1 Å². The van der Waals surface area contributed by atoms with Crippen molar-refractivity contribution in [2.24, 2.45) is 5.92 Å². The number of nitrogens with one attached hydrogen (secondary N) is 4. The minimum atomic E-state index is -3.91. The number of hydrogen-bond donors (Lipinski definition) is 4. The maximum Gasteiger partial charge on any atom is 0.410 e. The van der Waals surface area contributed by atoms with E-state index in [-0.39, 0.29) is 32.5 Å². The first kappa shape index (κ1) is 38.2. The molecule has 1 saturated heterocycles. The van der Waals surface area contributed by atoms with E-state index in [2.05, 4.69) is 20.7 Å². The summed E-state index contributed by atoms with van der Waals surface area (Å²) in [6.45, 7) is 5.76. The number of ether oxygens (including phenoxy) is 1. The molecular formula is C35H46Cl2N6O8S. The molecule has 0 unspecified atom stereocenters. The average Bonchev–Trinajstić information content (AvgIpc) is 3.94. The van der Waals surface area contributed by atoms with E-state index in [0.29, 0.717) is 42.1 Å². The van der Waals surface area contributed by atoms with Gasteiger partial charge in [0.15, 0.2) is 0 Å². The number of fused-ring (bicyclic) bond motifs is 3. The third-order valence-corrected chi connectivity index (χ3v) is 12.7. The Morgan fingerprint density at radius 3 is 2.31 bits per heavy atom. The SMILES string of the molecule is CC(C)(C)NC(=O)N[C@H]1CCCCCC=C[C@@H]2C[C@@]2(C(=O)NS(=O)(=O)C2CC2)NC(=O)[C@@H]2C[C@@H](OC(=O)N3Cc4cc(Cl)c(Cl)cc4C3)CN2C1=O. The van der Waals surface area contributed by atoms with Crippen molar-refractivity contribution in [2.75, 3.05) is 6.54 Å². The molecule has 2 saturated carbocycles. The molecule has 5 atom stereocenters. The van der Waals surface area contributed by atoms with Gasteiger partial charge in [-0.3, -0.25) is 24.0 Å². The van der Waals surface area contributed by atoms with Crippen LogP contribution in [0.4, 0.5) is 9.59 Å². The topological polar surface area (TPSA) is 183 Å². The number of benzene rings is 1. The minimum Gasteiger partial charge on any atom is -0.444 e. The predicted molar refractivity (Wildman–Crippen MR) is 193 cm³/mol. The molecule has 1 aromatic carbocycles. The lowest BCUT2D eigenvalue weighted by Gasteiger charge is -2.30. The third kappa shape index (κ3) is 8.62. The van der Waals surface area contributed by atoms with Crippen LogP contribution in [-0.4, -0.2) is 89.1 Å². The Labute approximate surface area is 313 Å². The summed E-state index contributed by atoms with van der Waals surface area (Å²) in [5.41, 5.74) is -0.471. The third-order valence-electron chi connectivity index (χ3n) is 10.1. The Balaban J connectivity index is 1.25. The molecule has 5 aliphatic rings. The molecule has 1 aromatic rings. The summed E-state index contributed by atoms with van der Waals surface area (Å²) in [5, 5.41) is 8.51. The number of carbonyl (C=O) groups excluding carboxylic acids is 5. The molecule has 52 heavy (non-hydrogen) atoms. The Morgan fingerprint density at radius 1 is 1.00 bits per heavy atom. The van der Waals surface area contributed by atoms with Crippen LogP contribution in [0.2, 0.25) is 10.0 Å². The predicted octanol–water partition coefficient (Wildman–Crippen LogP) is 3.89. The van der Waals surface area contributed by atoms with Gasteiger partial charge in [0.25, 0.3) is 5.91 Å². The van der Waals surface area contributed by atoms with Crippen molar-refractivity contribution in [2.45, 2.75) is 126 Å². The highest BCUT2D eigenvalue weighted by Gasteiger charge is 2.62. The molecule has 0 aromatic heterocycles. The summed E-state index contributed by atoms with van der Waals surface area (Å²) < 4.78 is 33.6. The van der Waals surface area contributed by atoms with Crippen LogP contribution in [0, 0.1) is 5.92 Å². The lowest BCUT2D eigenvalue weighted by atomic mass is 10.0. The number of carbonyl (C=O) groups is 5. The minimum absolute atomic E-state index is 0.0821. The molecule has 6 rings (SSSR count). The summed E-state index contributed by atoms with van der Waals surface area (Å²) in [6.07, 6.45) is 6.35. The zero-order valence-corrected chi connectivity index (χ0v) is 31.8. The van der Waals surface area contributed by atoms with Gasteiger partial charge in [0.05, 0.1) is 21.8 Å². The highest BCUT2D eigenvalue weighted by molar-refractivity contribution is 7.91. The Morgan fingerprint density at radius 2 is 1.67 bits per heavy atom. The molecule has 6 amide bonds. The van der Waals surface area contributed by atoms with E-state index in [4.69, 9.17) is 27.9 Å². The Kier molecular flexibility index (Phi) is 10.8. The summed E-state index contributed by atoms with van der Waals surface area (Å²) >= 11 is 12.4. The number of urea groups is 1. The maximum absolute atomic E-state index is 14.3. The number of rotatable bonds is 5. The van der Waals surface area contributed by atoms with Crippen molar-refractivity contribution in [3.63, 3.8) is 0 Å². The summed E-state index contributed by atoms with van der Waals surface area (Å²) in [7, 11) is -3.91. The monoisotopic (exact) mass is 780 g/mol. The van der Waals surface area contributed by atoms with Crippen molar-refractivity contribution in [1.82, 2.24) is 30.5 Å². The van der Waals surface area contributed by atoms with Gasteiger partial charge in [-0.15, -0.1) is 0 Å².